The van der Waals surface area contributed by atoms with E-state index in [2.05, 4.69) is 57.7 Å². The Labute approximate surface area is 146 Å². The van der Waals surface area contributed by atoms with Gasteiger partial charge in [0.25, 0.3) is 0 Å². The number of nitrogens with one attached hydrogen (secondary N) is 1. The first-order valence-corrected chi connectivity index (χ1v) is 8.37. The van der Waals surface area contributed by atoms with Gasteiger partial charge in [-0.1, -0.05) is 12.1 Å². The van der Waals surface area contributed by atoms with Crippen molar-refractivity contribution >= 4 is 39.4 Å². The number of fused-ring (bicyclic) bond motifs is 3. The molecule has 3 heterocycles. The van der Waals surface area contributed by atoms with Crippen LogP contribution in [0, 0.1) is 0 Å². The van der Waals surface area contributed by atoms with E-state index in [0.29, 0.717) is 0 Å². The predicted molar refractivity (Wildman–Crippen MR) is 104 cm³/mol. The van der Waals surface area contributed by atoms with E-state index >= 15 is 0 Å². The van der Waals surface area contributed by atoms with Crippen LogP contribution in [0.4, 0.5) is 5.82 Å². The topological polar surface area (TPSA) is 65.8 Å². The molecule has 1 aliphatic heterocycles. The highest BCUT2D eigenvalue weighted by Gasteiger charge is 2.12. The molecule has 4 rings (SSSR count). The lowest BCUT2D eigenvalue weighted by atomic mass is 10.0. The lowest BCUT2D eigenvalue weighted by Crippen LogP contribution is -2.21. The minimum Gasteiger partial charge on any atom is -0.368 e. The molecule has 1 aliphatic rings. The molecule has 0 spiro atoms. The van der Waals surface area contributed by atoms with E-state index in [4.69, 9.17) is 4.98 Å². The maximum Gasteiger partial charge on any atom is 0.134 e. The van der Waals surface area contributed by atoms with Gasteiger partial charge in [-0.05, 0) is 26.2 Å². The predicted octanol–water partition coefficient (Wildman–Crippen LogP) is 2.94. The molecular weight excluding hydrogens is 312 g/mol. The number of anilines is 1. The Bertz CT molecular complexity index is 990. The normalized spacial score (nSPS) is 13.8. The molecular formula is C19H20N6. The molecule has 6 heteroatoms. The Hall–Kier alpha value is -2.86. The molecule has 1 aromatic carbocycles. The zero-order valence-electron chi connectivity index (χ0n) is 14.4. The molecule has 3 aromatic rings. The summed E-state index contributed by atoms with van der Waals surface area (Å²) in [6.07, 6.45) is 6.32. The van der Waals surface area contributed by atoms with Crippen molar-refractivity contribution in [2.45, 2.75) is 6.42 Å². The van der Waals surface area contributed by atoms with E-state index in [9.17, 15) is 0 Å². The summed E-state index contributed by atoms with van der Waals surface area (Å²) in [6, 6.07) is 8.30. The van der Waals surface area contributed by atoms with Crippen molar-refractivity contribution < 1.29 is 0 Å². The quantitative estimate of drug-likeness (QED) is 0.730. The Kier molecular flexibility index (Phi) is 4.11. The maximum absolute atomic E-state index is 4.88. The van der Waals surface area contributed by atoms with Crippen LogP contribution in [-0.2, 0) is 0 Å². The first kappa shape index (κ1) is 15.7. The second-order valence-corrected chi connectivity index (χ2v) is 6.39. The van der Waals surface area contributed by atoms with Crippen molar-refractivity contribution in [2.75, 3.05) is 32.5 Å². The smallest absolute Gasteiger partial charge is 0.134 e. The Balaban J connectivity index is 1.81. The molecule has 0 atom stereocenters. The molecule has 0 unspecified atom stereocenters. The van der Waals surface area contributed by atoms with Crippen molar-refractivity contribution in [1.82, 2.24) is 14.9 Å². The number of aromatic nitrogens is 2. The number of benzene rings is 1. The van der Waals surface area contributed by atoms with E-state index in [-0.39, 0.29) is 0 Å². The van der Waals surface area contributed by atoms with Crippen molar-refractivity contribution in [3.63, 3.8) is 0 Å². The van der Waals surface area contributed by atoms with Crippen molar-refractivity contribution in [3.8, 4) is 0 Å². The van der Waals surface area contributed by atoms with Crippen LogP contribution in [0.15, 0.2) is 46.9 Å². The number of hydrogen-bond acceptors (Lipinski definition) is 6. The number of hydrogen-bond donors (Lipinski definition) is 1. The monoisotopic (exact) mass is 332 g/mol. The average Bonchev–Trinajstić information content (AvgIpc) is 3.16. The fourth-order valence-electron chi connectivity index (χ4n) is 3.01. The van der Waals surface area contributed by atoms with E-state index < -0.39 is 0 Å². The molecule has 2 aromatic heterocycles. The van der Waals surface area contributed by atoms with Gasteiger partial charge in [0.2, 0.25) is 0 Å². The molecule has 0 saturated carbocycles. The fourth-order valence-corrected chi connectivity index (χ4v) is 3.01. The van der Waals surface area contributed by atoms with E-state index in [1.807, 2.05) is 24.7 Å². The highest BCUT2D eigenvalue weighted by Crippen LogP contribution is 2.29. The summed E-state index contributed by atoms with van der Waals surface area (Å²) in [5, 5.41) is 14.9. The third-order valence-electron chi connectivity index (χ3n) is 4.33. The van der Waals surface area contributed by atoms with Crippen molar-refractivity contribution in [3.05, 3.63) is 42.2 Å². The van der Waals surface area contributed by atoms with Crippen LogP contribution in [-0.4, -0.2) is 54.0 Å². The highest BCUT2D eigenvalue weighted by molar-refractivity contribution is 6.14. The van der Waals surface area contributed by atoms with Gasteiger partial charge in [-0.25, -0.2) is 4.98 Å². The summed E-state index contributed by atoms with van der Waals surface area (Å²) in [7, 11) is 4.13. The van der Waals surface area contributed by atoms with Crippen LogP contribution in [0.5, 0.6) is 0 Å². The highest BCUT2D eigenvalue weighted by atomic mass is 15.2. The molecule has 1 N–H and O–H groups in total. The Morgan fingerprint density at radius 3 is 2.84 bits per heavy atom. The van der Waals surface area contributed by atoms with Gasteiger partial charge >= 0.3 is 0 Å². The van der Waals surface area contributed by atoms with Gasteiger partial charge in [0.15, 0.2) is 0 Å². The Morgan fingerprint density at radius 2 is 2.04 bits per heavy atom. The van der Waals surface area contributed by atoms with Gasteiger partial charge in [0, 0.05) is 59.8 Å². The van der Waals surface area contributed by atoms with Gasteiger partial charge in [-0.2, -0.15) is 10.2 Å². The standard InChI is InChI=1S/C19H20N6/c1-25(2)10-9-21-19-15-5-7-20-12-16(15)14-4-3-13(11-18(14)23-19)17-6-8-22-24-17/h3-5,7-8,11-12H,6,9-10H2,1-2H3,(H,21,23). The van der Waals surface area contributed by atoms with Crippen molar-refractivity contribution in [2.24, 2.45) is 10.2 Å². The van der Waals surface area contributed by atoms with Crippen LogP contribution in [0.3, 0.4) is 0 Å². The molecule has 6 nitrogen and oxygen atoms in total. The minimum absolute atomic E-state index is 0.772. The van der Waals surface area contributed by atoms with Gasteiger partial charge < -0.3 is 10.2 Å². The largest absolute Gasteiger partial charge is 0.368 e. The van der Waals surface area contributed by atoms with Crippen LogP contribution in [0.25, 0.3) is 21.7 Å². The first-order valence-electron chi connectivity index (χ1n) is 8.37. The number of pyridine rings is 2. The molecule has 0 radical (unpaired) electrons. The summed E-state index contributed by atoms with van der Waals surface area (Å²) < 4.78 is 0. The summed E-state index contributed by atoms with van der Waals surface area (Å²) in [4.78, 5) is 11.3. The first-order chi connectivity index (χ1) is 12.2. The van der Waals surface area contributed by atoms with Crippen LogP contribution >= 0.6 is 0 Å². The SMILES string of the molecule is CN(C)CCNc1nc2cc(C3=NN=CC3)ccc2c2cnccc12. The summed E-state index contributed by atoms with van der Waals surface area (Å²) >= 11 is 0. The fraction of sp³-hybridized carbons (Fsp3) is 0.263. The van der Waals surface area contributed by atoms with E-state index in [0.717, 1.165) is 58.3 Å². The maximum atomic E-state index is 4.88. The van der Waals surface area contributed by atoms with Crippen LogP contribution in [0.2, 0.25) is 0 Å². The molecule has 126 valence electrons. The molecule has 0 bridgehead atoms. The van der Waals surface area contributed by atoms with Gasteiger partial charge in [0.1, 0.15) is 5.82 Å². The molecule has 0 aliphatic carbocycles. The zero-order valence-corrected chi connectivity index (χ0v) is 14.4. The number of likely N-dealkylation sites (N-methyl/N-ethyl adjacent to an activating group) is 1. The molecule has 0 amide bonds. The summed E-state index contributed by atoms with van der Waals surface area (Å²) in [5.74, 6) is 0.897. The summed E-state index contributed by atoms with van der Waals surface area (Å²) in [5.41, 5.74) is 3.00. The number of nitrogens with zero attached hydrogens (tertiary/aromatic N) is 5. The summed E-state index contributed by atoms with van der Waals surface area (Å²) in [6.45, 7) is 1.78. The lowest BCUT2D eigenvalue weighted by Gasteiger charge is -2.14. The molecule has 25 heavy (non-hydrogen) atoms. The minimum atomic E-state index is 0.772. The van der Waals surface area contributed by atoms with Crippen molar-refractivity contribution in [1.29, 1.82) is 0 Å². The van der Waals surface area contributed by atoms with E-state index in [1.165, 1.54) is 0 Å². The van der Waals surface area contributed by atoms with Gasteiger partial charge in [-0.3, -0.25) is 4.98 Å². The lowest BCUT2D eigenvalue weighted by molar-refractivity contribution is 0.425. The third-order valence-corrected chi connectivity index (χ3v) is 4.33. The van der Waals surface area contributed by atoms with Crippen LogP contribution in [0.1, 0.15) is 12.0 Å². The average molecular weight is 332 g/mol. The Morgan fingerprint density at radius 1 is 1.12 bits per heavy atom. The second-order valence-electron chi connectivity index (χ2n) is 6.39. The van der Waals surface area contributed by atoms with Crippen LogP contribution < -0.4 is 5.32 Å². The van der Waals surface area contributed by atoms with Gasteiger partial charge in [0.05, 0.1) is 11.2 Å². The van der Waals surface area contributed by atoms with E-state index in [1.54, 1.807) is 0 Å². The molecule has 0 fully saturated rings. The molecule has 0 saturated heterocycles. The number of rotatable bonds is 5. The zero-order chi connectivity index (χ0) is 17.2. The second kappa shape index (κ2) is 6.57. The third kappa shape index (κ3) is 3.08. The van der Waals surface area contributed by atoms with Gasteiger partial charge in [-0.15, -0.1) is 0 Å².